The Bertz CT molecular complexity index is 619. The molecule has 0 spiro atoms. The van der Waals surface area contributed by atoms with Crippen molar-refractivity contribution in [1.82, 2.24) is 0 Å². The first-order valence-electron chi connectivity index (χ1n) is 5.75. The largest absolute Gasteiger partial charge is 0.495 e. The van der Waals surface area contributed by atoms with Crippen LogP contribution in [0.1, 0.15) is 0 Å². The van der Waals surface area contributed by atoms with E-state index >= 15 is 0 Å². The minimum absolute atomic E-state index is 0.300. The van der Waals surface area contributed by atoms with E-state index in [1.54, 1.807) is 37.4 Å². The molecule has 0 heterocycles. The molecule has 0 radical (unpaired) electrons. The molecule has 20 heavy (non-hydrogen) atoms. The molecule has 0 bridgehead atoms. The van der Waals surface area contributed by atoms with Crippen LogP contribution in [0, 0.1) is 5.82 Å². The molecule has 0 aliphatic heterocycles. The van der Waals surface area contributed by atoms with Crippen molar-refractivity contribution >= 4 is 40.3 Å². The van der Waals surface area contributed by atoms with Crippen molar-refractivity contribution in [3.63, 3.8) is 0 Å². The summed E-state index contributed by atoms with van der Waals surface area (Å²) in [5, 5.41) is 6.85. The van der Waals surface area contributed by atoms with Gasteiger partial charge in [-0.25, -0.2) is 4.39 Å². The molecule has 2 aromatic carbocycles. The van der Waals surface area contributed by atoms with Crippen LogP contribution in [0.4, 0.5) is 15.8 Å². The first-order valence-corrected chi connectivity index (χ1v) is 6.54. The zero-order chi connectivity index (χ0) is 14.5. The number of rotatable bonds is 3. The molecule has 0 saturated carbocycles. The minimum atomic E-state index is -0.300. The second-order valence-electron chi connectivity index (χ2n) is 3.93. The Morgan fingerprint density at radius 3 is 2.50 bits per heavy atom. The van der Waals surface area contributed by atoms with E-state index in [0.29, 0.717) is 27.3 Å². The van der Waals surface area contributed by atoms with Crippen molar-refractivity contribution in [3.8, 4) is 5.75 Å². The van der Waals surface area contributed by atoms with Crippen LogP contribution < -0.4 is 15.4 Å². The van der Waals surface area contributed by atoms with Crippen LogP contribution >= 0.6 is 23.8 Å². The van der Waals surface area contributed by atoms with Gasteiger partial charge in [0.05, 0.1) is 12.8 Å². The Hall–Kier alpha value is -1.85. The number of thiocarbonyl (C=S) groups is 1. The van der Waals surface area contributed by atoms with Crippen molar-refractivity contribution in [2.24, 2.45) is 0 Å². The SMILES string of the molecule is COc1ccc(Cl)cc1NC(=S)Nc1ccc(F)cc1. The van der Waals surface area contributed by atoms with E-state index in [1.165, 1.54) is 12.1 Å². The molecule has 2 rings (SSSR count). The molecule has 0 aliphatic rings. The van der Waals surface area contributed by atoms with Gasteiger partial charge in [0.25, 0.3) is 0 Å². The Morgan fingerprint density at radius 1 is 1.15 bits per heavy atom. The average molecular weight is 311 g/mol. The molecule has 2 N–H and O–H groups in total. The second kappa shape index (κ2) is 6.54. The molecule has 0 unspecified atom stereocenters. The quantitative estimate of drug-likeness (QED) is 0.828. The van der Waals surface area contributed by atoms with Crippen molar-refractivity contribution in [2.75, 3.05) is 17.7 Å². The van der Waals surface area contributed by atoms with Gasteiger partial charge in [-0.15, -0.1) is 0 Å². The maximum absolute atomic E-state index is 12.8. The van der Waals surface area contributed by atoms with Gasteiger partial charge in [-0.1, -0.05) is 11.6 Å². The van der Waals surface area contributed by atoms with Crippen molar-refractivity contribution in [2.45, 2.75) is 0 Å². The van der Waals surface area contributed by atoms with E-state index < -0.39 is 0 Å². The van der Waals surface area contributed by atoms with Crippen molar-refractivity contribution in [3.05, 3.63) is 53.3 Å². The van der Waals surface area contributed by atoms with E-state index in [4.69, 9.17) is 28.6 Å². The molecular weight excluding hydrogens is 299 g/mol. The van der Waals surface area contributed by atoms with Gasteiger partial charge in [-0.2, -0.15) is 0 Å². The Labute approximate surface area is 126 Å². The molecule has 0 amide bonds. The summed E-state index contributed by atoms with van der Waals surface area (Å²) in [6, 6.07) is 11.1. The topological polar surface area (TPSA) is 33.3 Å². The Kier molecular flexibility index (Phi) is 4.76. The van der Waals surface area contributed by atoms with Gasteiger partial charge < -0.3 is 15.4 Å². The number of hydrogen-bond donors (Lipinski definition) is 2. The predicted octanol–water partition coefficient (Wildman–Crippen LogP) is 4.30. The molecule has 2 aromatic rings. The van der Waals surface area contributed by atoms with Crippen LogP contribution in [0.5, 0.6) is 5.75 Å². The van der Waals surface area contributed by atoms with Gasteiger partial charge in [0, 0.05) is 10.7 Å². The maximum atomic E-state index is 12.8. The molecule has 0 atom stereocenters. The number of methoxy groups -OCH3 is 1. The number of halogens is 2. The number of ether oxygens (including phenoxy) is 1. The fraction of sp³-hybridized carbons (Fsp3) is 0.0714. The highest BCUT2D eigenvalue weighted by Crippen LogP contribution is 2.27. The Balaban J connectivity index is 2.08. The highest BCUT2D eigenvalue weighted by atomic mass is 35.5. The lowest BCUT2D eigenvalue weighted by Gasteiger charge is -2.13. The van der Waals surface area contributed by atoms with Crippen LogP contribution in [0.25, 0.3) is 0 Å². The molecule has 0 fully saturated rings. The molecule has 6 heteroatoms. The number of anilines is 2. The van der Waals surface area contributed by atoms with Crippen LogP contribution in [-0.2, 0) is 0 Å². The number of hydrogen-bond acceptors (Lipinski definition) is 2. The number of benzene rings is 2. The third-order valence-electron chi connectivity index (χ3n) is 2.51. The highest BCUT2D eigenvalue weighted by molar-refractivity contribution is 7.80. The summed E-state index contributed by atoms with van der Waals surface area (Å²) >= 11 is 11.1. The minimum Gasteiger partial charge on any atom is -0.495 e. The Morgan fingerprint density at radius 2 is 1.85 bits per heavy atom. The van der Waals surface area contributed by atoms with E-state index in [1.807, 2.05) is 0 Å². The smallest absolute Gasteiger partial charge is 0.175 e. The van der Waals surface area contributed by atoms with Crippen molar-refractivity contribution in [1.29, 1.82) is 0 Å². The average Bonchev–Trinajstić information content (AvgIpc) is 2.41. The highest BCUT2D eigenvalue weighted by Gasteiger charge is 2.06. The summed E-state index contributed by atoms with van der Waals surface area (Å²) < 4.78 is 18.0. The summed E-state index contributed by atoms with van der Waals surface area (Å²) in [6.07, 6.45) is 0. The molecular formula is C14H12ClFN2OS. The summed E-state index contributed by atoms with van der Waals surface area (Å²) in [4.78, 5) is 0. The standard InChI is InChI=1S/C14H12ClFN2OS/c1-19-13-7-2-9(15)8-12(13)18-14(20)17-11-5-3-10(16)4-6-11/h2-8H,1H3,(H2,17,18,20). The van der Waals surface area contributed by atoms with Crippen LogP contribution in [0.3, 0.4) is 0 Å². The predicted molar refractivity (Wildman–Crippen MR) is 84.2 cm³/mol. The van der Waals surface area contributed by atoms with E-state index in [0.717, 1.165) is 0 Å². The van der Waals surface area contributed by atoms with Gasteiger partial charge in [-0.3, -0.25) is 0 Å². The molecule has 3 nitrogen and oxygen atoms in total. The van der Waals surface area contributed by atoms with E-state index in [-0.39, 0.29) is 5.82 Å². The summed E-state index contributed by atoms with van der Waals surface area (Å²) in [6.45, 7) is 0. The molecule has 0 aromatic heterocycles. The zero-order valence-electron chi connectivity index (χ0n) is 10.6. The van der Waals surface area contributed by atoms with Crippen molar-refractivity contribution < 1.29 is 9.13 Å². The van der Waals surface area contributed by atoms with Gasteiger partial charge >= 0.3 is 0 Å². The first-order chi connectivity index (χ1) is 9.58. The van der Waals surface area contributed by atoms with E-state index in [2.05, 4.69) is 10.6 Å². The molecule has 0 saturated heterocycles. The second-order valence-corrected chi connectivity index (χ2v) is 4.78. The normalized spacial score (nSPS) is 9.95. The third-order valence-corrected chi connectivity index (χ3v) is 2.95. The summed E-state index contributed by atoms with van der Waals surface area (Å²) in [7, 11) is 1.56. The van der Waals surface area contributed by atoms with Gasteiger partial charge in [0.1, 0.15) is 11.6 Å². The lowest BCUT2D eigenvalue weighted by atomic mass is 10.3. The van der Waals surface area contributed by atoms with Crippen LogP contribution in [0.2, 0.25) is 5.02 Å². The fourth-order valence-electron chi connectivity index (χ4n) is 1.60. The van der Waals surface area contributed by atoms with Gasteiger partial charge in [0.15, 0.2) is 5.11 Å². The monoisotopic (exact) mass is 310 g/mol. The lowest BCUT2D eigenvalue weighted by Crippen LogP contribution is -2.19. The van der Waals surface area contributed by atoms with Crippen LogP contribution in [-0.4, -0.2) is 12.2 Å². The third kappa shape index (κ3) is 3.82. The number of nitrogens with one attached hydrogen (secondary N) is 2. The van der Waals surface area contributed by atoms with Gasteiger partial charge in [-0.05, 0) is 54.7 Å². The van der Waals surface area contributed by atoms with E-state index in [9.17, 15) is 4.39 Å². The van der Waals surface area contributed by atoms with Gasteiger partial charge in [0.2, 0.25) is 0 Å². The fourth-order valence-corrected chi connectivity index (χ4v) is 2.00. The summed E-state index contributed by atoms with van der Waals surface area (Å²) in [5.41, 5.74) is 1.34. The lowest BCUT2D eigenvalue weighted by molar-refractivity contribution is 0.417. The first kappa shape index (κ1) is 14.6. The zero-order valence-corrected chi connectivity index (χ0v) is 12.2. The maximum Gasteiger partial charge on any atom is 0.175 e. The summed E-state index contributed by atoms with van der Waals surface area (Å²) in [5.74, 6) is 0.323. The molecule has 104 valence electrons. The molecule has 0 aliphatic carbocycles. The van der Waals surface area contributed by atoms with Crippen LogP contribution in [0.15, 0.2) is 42.5 Å².